The number of rotatable bonds is 12. The van der Waals surface area contributed by atoms with Crippen LogP contribution in [0.5, 0.6) is 11.5 Å². The molecule has 4 rings (SSSR count). The lowest BCUT2D eigenvalue weighted by atomic mass is 10.1. The second kappa shape index (κ2) is 12.6. The summed E-state index contributed by atoms with van der Waals surface area (Å²) in [5.74, 6) is 1.18. The SMILES string of the molecule is CCN(CC)CCCCN(Cc1ccc2ccccc2c1)C(=O)c1sc2cc(OC)c(OC)cc2c1Cl. The number of halogens is 1. The third-order valence-electron chi connectivity index (χ3n) is 6.85. The minimum atomic E-state index is -0.0415. The van der Waals surface area contributed by atoms with Gasteiger partial charge in [0, 0.05) is 29.2 Å². The van der Waals surface area contributed by atoms with E-state index in [0.29, 0.717) is 34.5 Å². The first-order chi connectivity index (χ1) is 18.0. The number of hydrogen-bond acceptors (Lipinski definition) is 5. The Hall–Kier alpha value is -2.80. The van der Waals surface area contributed by atoms with Crippen LogP contribution in [-0.4, -0.2) is 56.1 Å². The minimum Gasteiger partial charge on any atom is -0.493 e. The first-order valence-corrected chi connectivity index (χ1v) is 14.0. The summed E-state index contributed by atoms with van der Waals surface area (Å²) in [4.78, 5) is 18.8. The molecule has 0 unspecified atom stereocenters. The van der Waals surface area contributed by atoms with Gasteiger partial charge in [-0.15, -0.1) is 11.3 Å². The maximum atomic E-state index is 13.9. The summed E-state index contributed by atoms with van der Waals surface area (Å²) < 4.78 is 11.8. The summed E-state index contributed by atoms with van der Waals surface area (Å²) in [7, 11) is 3.20. The predicted octanol–water partition coefficient (Wildman–Crippen LogP) is 7.49. The van der Waals surface area contributed by atoms with Crippen molar-refractivity contribution in [1.82, 2.24) is 9.80 Å². The van der Waals surface area contributed by atoms with Crippen LogP contribution in [0.25, 0.3) is 20.9 Å². The average Bonchev–Trinajstić information content (AvgIpc) is 3.26. The Labute approximate surface area is 228 Å². The lowest BCUT2D eigenvalue weighted by molar-refractivity contribution is 0.0743. The number of carbonyl (C=O) groups is 1. The molecule has 3 aromatic carbocycles. The highest BCUT2D eigenvalue weighted by Crippen LogP contribution is 2.42. The van der Waals surface area contributed by atoms with Gasteiger partial charge in [0.25, 0.3) is 5.91 Å². The summed E-state index contributed by atoms with van der Waals surface area (Å²) >= 11 is 8.21. The van der Waals surface area contributed by atoms with E-state index in [-0.39, 0.29) is 5.91 Å². The van der Waals surface area contributed by atoms with Gasteiger partial charge in [-0.3, -0.25) is 4.79 Å². The zero-order valence-electron chi connectivity index (χ0n) is 22.1. The molecule has 0 aliphatic heterocycles. The largest absolute Gasteiger partial charge is 0.493 e. The molecule has 0 aliphatic carbocycles. The Morgan fingerprint density at radius 3 is 2.27 bits per heavy atom. The quantitative estimate of drug-likeness (QED) is 0.175. The van der Waals surface area contributed by atoms with Crippen molar-refractivity contribution in [2.45, 2.75) is 33.2 Å². The highest BCUT2D eigenvalue weighted by molar-refractivity contribution is 7.21. The molecular weight excluding hydrogens is 504 g/mol. The summed E-state index contributed by atoms with van der Waals surface area (Å²) in [5, 5.41) is 3.64. The lowest BCUT2D eigenvalue weighted by Crippen LogP contribution is -2.32. The standard InChI is InChI=1S/C30H35ClN2O3S/c1-5-32(6-2)15-9-10-16-33(20-21-13-14-22-11-7-8-12-23(22)17-21)30(34)29-28(31)24-18-25(35-3)26(36-4)19-27(24)37-29/h7-8,11-14,17-19H,5-6,9-10,15-16,20H2,1-4H3. The van der Waals surface area contributed by atoms with Crippen molar-refractivity contribution >= 4 is 49.7 Å². The smallest absolute Gasteiger partial charge is 0.265 e. The van der Waals surface area contributed by atoms with Crippen LogP contribution in [0, 0.1) is 0 Å². The molecular formula is C30H35ClN2O3S. The van der Waals surface area contributed by atoms with Crippen molar-refractivity contribution in [3.8, 4) is 11.5 Å². The Morgan fingerprint density at radius 2 is 1.57 bits per heavy atom. The number of thiophene rings is 1. The Kier molecular flexibility index (Phi) is 9.30. The van der Waals surface area contributed by atoms with E-state index in [0.717, 1.165) is 48.1 Å². The van der Waals surface area contributed by atoms with E-state index in [1.165, 1.54) is 22.1 Å². The molecule has 0 radical (unpaired) electrons. The molecule has 0 fully saturated rings. The molecule has 37 heavy (non-hydrogen) atoms. The van der Waals surface area contributed by atoms with Gasteiger partial charge in [-0.25, -0.2) is 0 Å². The van der Waals surface area contributed by atoms with E-state index in [4.69, 9.17) is 21.1 Å². The van der Waals surface area contributed by atoms with Gasteiger partial charge in [0.2, 0.25) is 0 Å². The fourth-order valence-electron chi connectivity index (χ4n) is 4.66. The molecule has 0 atom stereocenters. The van der Waals surface area contributed by atoms with Crippen LogP contribution >= 0.6 is 22.9 Å². The van der Waals surface area contributed by atoms with Crippen molar-refractivity contribution < 1.29 is 14.3 Å². The monoisotopic (exact) mass is 538 g/mol. The van der Waals surface area contributed by atoms with Gasteiger partial charge in [0.05, 0.1) is 19.2 Å². The molecule has 0 N–H and O–H groups in total. The summed E-state index contributed by atoms with van der Waals surface area (Å²) in [6.07, 6.45) is 1.97. The second-order valence-corrected chi connectivity index (χ2v) is 10.5. The third-order valence-corrected chi connectivity index (χ3v) is 8.49. The fraction of sp³-hybridized carbons (Fsp3) is 0.367. The van der Waals surface area contributed by atoms with Gasteiger partial charge in [-0.2, -0.15) is 0 Å². The van der Waals surface area contributed by atoms with Crippen molar-refractivity contribution in [3.63, 3.8) is 0 Å². The molecule has 196 valence electrons. The molecule has 0 saturated carbocycles. The minimum absolute atomic E-state index is 0.0415. The highest BCUT2D eigenvalue weighted by atomic mass is 35.5. The third kappa shape index (κ3) is 6.20. The zero-order chi connectivity index (χ0) is 26.4. The van der Waals surface area contributed by atoms with E-state index < -0.39 is 0 Å². The van der Waals surface area contributed by atoms with Gasteiger partial charge < -0.3 is 19.3 Å². The molecule has 1 heterocycles. The van der Waals surface area contributed by atoms with Gasteiger partial charge in [0.1, 0.15) is 4.88 Å². The molecule has 0 spiro atoms. The van der Waals surface area contributed by atoms with E-state index >= 15 is 0 Å². The van der Waals surface area contributed by atoms with E-state index in [1.807, 2.05) is 29.2 Å². The molecule has 4 aromatic rings. The Morgan fingerprint density at radius 1 is 0.892 bits per heavy atom. The number of unbranched alkanes of at least 4 members (excludes halogenated alkanes) is 1. The fourth-order valence-corrected chi connectivity index (χ4v) is 6.14. The first-order valence-electron chi connectivity index (χ1n) is 12.8. The molecule has 0 bridgehead atoms. The Bertz CT molecular complexity index is 1370. The van der Waals surface area contributed by atoms with E-state index in [1.54, 1.807) is 14.2 Å². The summed E-state index contributed by atoms with van der Waals surface area (Å²) in [6, 6.07) is 18.4. The van der Waals surface area contributed by atoms with Crippen LogP contribution in [0.2, 0.25) is 5.02 Å². The summed E-state index contributed by atoms with van der Waals surface area (Å²) in [5.41, 5.74) is 1.11. The van der Waals surface area contributed by atoms with Crippen molar-refractivity contribution in [1.29, 1.82) is 0 Å². The highest BCUT2D eigenvalue weighted by Gasteiger charge is 2.24. The van der Waals surface area contributed by atoms with Crippen molar-refractivity contribution in [3.05, 3.63) is 70.1 Å². The van der Waals surface area contributed by atoms with Crippen LogP contribution in [0.4, 0.5) is 0 Å². The van der Waals surface area contributed by atoms with Crippen LogP contribution in [-0.2, 0) is 6.54 Å². The maximum absolute atomic E-state index is 13.9. The second-order valence-electron chi connectivity index (χ2n) is 9.09. The Balaban J connectivity index is 1.62. The number of hydrogen-bond donors (Lipinski definition) is 0. The molecule has 0 saturated heterocycles. The number of nitrogens with zero attached hydrogens (tertiary/aromatic N) is 2. The molecule has 7 heteroatoms. The van der Waals surface area contributed by atoms with Crippen LogP contribution in [0.1, 0.15) is 41.9 Å². The number of ether oxygens (including phenoxy) is 2. The summed E-state index contributed by atoms with van der Waals surface area (Å²) in [6.45, 7) is 8.70. The first kappa shape index (κ1) is 27.2. The molecule has 5 nitrogen and oxygen atoms in total. The number of amides is 1. The molecule has 0 aliphatic rings. The number of benzene rings is 3. The van der Waals surface area contributed by atoms with Crippen LogP contribution < -0.4 is 9.47 Å². The number of carbonyl (C=O) groups excluding carboxylic acids is 1. The average molecular weight is 539 g/mol. The predicted molar refractivity (Wildman–Crippen MR) is 156 cm³/mol. The van der Waals surface area contributed by atoms with Gasteiger partial charge in [-0.05, 0) is 60.9 Å². The normalized spacial score (nSPS) is 11.4. The van der Waals surface area contributed by atoms with Crippen LogP contribution in [0.15, 0.2) is 54.6 Å². The molecule has 1 aromatic heterocycles. The van der Waals surface area contributed by atoms with Crippen molar-refractivity contribution in [2.75, 3.05) is 40.4 Å². The van der Waals surface area contributed by atoms with E-state index in [9.17, 15) is 4.79 Å². The zero-order valence-corrected chi connectivity index (χ0v) is 23.6. The van der Waals surface area contributed by atoms with E-state index in [2.05, 4.69) is 49.1 Å². The number of fused-ring (bicyclic) bond motifs is 2. The number of methoxy groups -OCH3 is 2. The van der Waals surface area contributed by atoms with Gasteiger partial charge >= 0.3 is 0 Å². The van der Waals surface area contributed by atoms with Crippen molar-refractivity contribution in [2.24, 2.45) is 0 Å². The lowest BCUT2D eigenvalue weighted by Gasteiger charge is -2.24. The maximum Gasteiger partial charge on any atom is 0.265 e. The van der Waals surface area contributed by atoms with Gasteiger partial charge in [0.15, 0.2) is 11.5 Å². The van der Waals surface area contributed by atoms with Gasteiger partial charge in [-0.1, -0.05) is 61.8 Å². The topological polar surface area (TPSA) is 42.0 Å². The molecule has 1 amide bonds. The van der Waals surface area contributed by atoms with Crippen LogP contribution in [0.3, 0.4) is 0 Å².